The van der Waals surface area contributed by atoms with Gasteiger partial charge in [0.05, 0.1) is 0 Å². The maximum absolute atomic E-state index is 11.8. The summed E-state index contributed by atoms with van der Waals surface area (Å²) >= 11 is 0. The van der Waals surface area contributed by atoms with Gasteiger partial charge >= 0.3 is 6.03 Å². The molecule has 7 nitrogen and oxygen atoms in total. The summed E-state index contributed by atoms with van der Waals surface area (Å²) in [6.07, 6.45) is 2.75. The number of hydrogen-bond acceptors (Lipinski definition) is 3. The summed E-state index contributed by atoms with van der Waals surface area (Å²) < 4.78 is 0. The zero-order valence-corrected chi connectivity index (χ0v) is 13.1. The van der Waals surface area contributed by atoms with Gasteiger partial charge in [0, 0.05) is 30.8 Å². The van der Waals surface area contributed by atoms with E-state index in [4.69, 9.17) is 5.73 Å². The minimum atomic E-state index is -0.531. The standard InChI is InChI=1S/C15H24N4O3/c1-10-8-11(2)19-14(21)12(10)9-18-13(20)6-4-3-5-7-17-15(16)22/h8H,3-7,9H2,1-2H3,(H,18,20)(H,19,21)(H3,16,17,22). The van der Waals surface area contributed by atoms with Gasteiger partial charge in [-0.05, 0) is 38.3 Å². The van der Waals surface area contributed by atoms with Crippen LogP contribution in [-0.2, 0) is 11.3 Å². The van der Waals surface area contributed by atoms with Crippen LogP contribution < -0.4 is 21.9 Å². The molecule has 0 atom stereocenters. The number of unbranched alkanes of at least 4 members (excludes halogenated alkanes) is 2. The summed E-state index contributed by atoms with van der Waals surface area (Å²) in [4.78, 5) is 36.7. The van der Waals surface area contributed by atoms with Gasteiger partial charge in [-0.25, -0.2) is 4.79 Å². The van der Waals surface area contributed by atoms with Crippen molar-refractivity contribution in [2.24, 2.45) is 5.73 Å². The molecule has 0 spiro atoms. The van der Waals surface area contributed by atoms with Crippen molar-refractivity contribution in [2.75, 3.05) is 6.54 Å². The molecule has 0 aliphatic rings. The Morgan fingerprint density at radius 2 is 1.91 bits per heavy atom. The molecular formula is C15H24N4O3. The van der Waals surface area contributed by atoms with E-state index in [1.54, 1.807) is 0 Å². The van der Waals surface area contributed by atoms with Gasteiger partial charge in [0.15, 0.2) is 0 Å². The third kappa shape index (κ3) is 6.43. The third-order valence-electron chi connectivity index (χ3n) is 3.34. The molecule has 0 unspecified atom stereocenters. The first-order valence-electron chi connectivity index (χ1n) is 7.39. The number of primary amides is 1. The van der Waals surface area contributed by atoms with E-state index in [-0.39, 0.29) is 18.0 Å². The summed E-state index contributed by atoms with van der Waals surface area (Å²) in [6, 6.07) is 1.35. The summed E-state index contributed by atoms with van der Waals surface area (Å²) in [7, 11) is 0. The highest BCUT2D eigenvalue weighted by molar-refractivity contribution is 5.75. The molecule has 0 fully saturated rings. The summed E-state index contributed by atoms with van der Waals surface area (Å²) in [5.41, 5.74) is 7.05. The zero-order chi connectivity index (χ0) is 16.5. The lowest BCUT2D eigenvalue weighted by atomic mass is 10.1. The Hall–Kier alpha value is -2.31. The van der Waals surface area contributed by atoms with Crippen molar-refractivity contribution in [2.45, 2.75) is 46.1 Å². The van der Waals surface area contributed by atoms with Gasteiger partial charge in [0.1, 0.15) is 0 Å². The Morgan fingerprint density at radius 1 is 1.18 bits per heavy atom. The quantitative estimate of drug-likeness (QED) is 0.533. The average molecular weight is 308 g/mol. The van der Waals surface area contributed by atoms with Crippen LogP contribution in [0, 0.1) is 13.8 Å². The number of aromatic amines is 1. The van der Waals surface area contributed by atoms with Crippen LogP contribution >= 0.6 is 0 Å². The van der Waals surface area contributed by atoms with Gasteiger partial charge in [-0.15, -0.1) is 0 Å². The van der Waals surface area contributed by atoms with Crippen LogP contribution in [0.5, 0.6) is 0 Å². The predicted octanol–water partition coefficient (Wildman–Crippen LogP) is 0.837. The van der Waals surface area contributed by atoms with E-state index < -0.39 is 6.03 Å². The number of aromatic nitrogens is 1. The Bertz CT molecular complexity index is 581. The molecule has 22 heavy (non-hydrogen) atoms. The fourth-order valence-corrected chi connectivity index (χ4v) is 2.18. The first-order chi connectivity index (χ1) is 10.4. The highest BCUT2D eigenvalue weighted by Gasteiger charge is 2.07. The Labute approximate surface area is 129 Å². The van der Waals surface area contributed by atoms with Crippen LogP contribution in [0.15, 0.2) is 10.9 Å². The molecule has 0 radical (unpaired) electrons. The van der Waals surface area contributed by atoms with Crippen LogP contribution in [0.2, 0.25) is 0 Å². The van der Waals surface area contributed by atoms with E-state index in [0.29, 0.717) is 18.5 Å². The molecule has 1 aromatic rings. The average Bonchev–Trinajstić information content (AvgIpc) is 2.41. The normalized spacial score (nSPS) is 10.3. The van der Waals surface area contributed by atoms with Gasteiger partial charge < -0.3 is 21.4 Å². The fraction of sp³-hybridized carbons (Fsp3) is 0.533. The maximum Gasteiger partial charge on any atom is 0.312 e. The number of carbonyl (C=O) groups excluding carboxylic acids is 2. The first-order valence-corrected chi connectivity index (χ1v) is 7.39. The van der Waals surface area contributed by atoms with Crippen molar-refractivity contribution in [3.63, 3.8) is 0 Å². The summed E-state index contributed by atoms with van der Waals surface area (Å²) in [6.45, 7) is 4.44. The predicted molar refractivity (Wildman–Crippen MR) is 84.4 cm³/mol. The number of rotatable bonds is 8. The smallest absolute Gasteiger partial charge is 0.312 e. The molecule has 3 amide bonds. The summed E-state index contributed by atoms with van der Waals surface area (Å²) in [5, 5.41) is 5.26. The zero-order valence-electron chi connectivity index (χ0n) is 13.1. The lowest BCUT2D eigenvalue weighted by molar-refractivity contribution is -0.121. The Kier molecular flexibility index (Phi) is 7.15. The van der Waals surface area contributed by atoms with Crippen LogP contribution in [0.25, 0.3) is 0 Å². The lowest BCUT2D eigenvalue weighted by Crippen LogP contribution is -2.30. The van der Waals surface area contributed by atoms with Gasteiger partial charge in [0.25, 0.3) is 5.56 Å². The topological polar surface area (TPSA) is 117 Å². The van der Waals surface area contributed by atoms with E-state index in [1.807, 2.05) is 19.9 Å². The molecule has 1 aromatic heterocycles. The Morgan fingerprint density at radius 3 is 2.55 bits per heavy atom. The number of nitrogens with two attached hydrogens (primary N) is 1. The highest BCUT2D eigenvalue weighted by atomic mass is 16.2. The minimum Gasteiger partial charge on any atom is -0.352 e. The number of carbonyl (C=O) groups is 2. The van der Waals surface area contributed by atoms with Crippen LogP contribution in [-0.4, -0.2) is 23.5 Å². The van der Waals surface area contributed by atoms with Crippen molar-refractivity contribution < 1.29 is 9.59 Å². The van der Waals surface area contributed by atoms with Crippen LogP contribution in [0.3, 0.4) is 0 Å². The van der Waals surface area contributed by atoms with Crippen molar-refractivity contribution in [1.82, 2.24) is 15.6 Å². The van der Waals surface area contributed by atoms with Crippen molar-refractivity contribution in [3.05, 3.63) is 33.2 Å². The minimum absolute atomic E-state index is 0.0813. The molecule has 0 bridgehead atoms. The largest absolute Gasteiger partial charge is 0.352 e. The molecular weight excluding hydrogens is 284 g/mol. The molecule has 1 rings (SSSR count). The fourth-order valence-electron chi connectivity index (χ4n) is 2.18. The van der Waals surface area contributed by atoms with Crippen molar-refractivity contribution >= 4 is 11.9 Å². The highest BCUT2D eigenvalue weighted by Crippen LogP contribution is 2.04. The number of urea groups is 1. The lowest BCUT2D eigenvalue weighted by Gasteiger charge is -2.08. The Balaban J connectivity index is 2.27. The van der Waals surface area contributed by atoms with Gasteiger partial charge in [-0.1, -0.05) is 6.42 Å². The molecule has 5 N–H and O–H groups in total. The van der Waals surface area contributed by atoms with E-state index in [2.05, 4.69) is 15.6 Å². The maximum atomic E-state index is 11.8. The summed E-state index contributed by atoms with van der Waals surface area (Å²) in [5.74, 6) is -0.0813. The van der Waals surface area contributed by atoms with Crippen LogP contribution in [0.4, 0.5) is 4.79 Å². The van der Waals surface area contributed by atoms with Gasteiger partial charge in [-0.3, -0.25) is 9.59 Å². The molecule has 0 aliphatic carbocycles. The SMILES string of the molecule is Cc1cc(C)c(CNC(=O)CCCCCNC(N)=O)c(=O)[nH]1. The molecule has 7 heteroatoms. The monoisotopic (exact) mass is 308 g/mol. The van der Waals surface area contributed by atoms with E-state index in [0.717, 1.165) is 30.5 Å². The second-order valence-corrected chi connectivity index (χ2v) is 5.32. The number of pyridine rings is 1. The number of hydrogen-bond donors (Lipinski definition) is 4. The molecule has 1 heterocycles. The second-order valence-electron chi connectivity index (χ2n) is 5.32. The van der Waals surface area contributed by atoms with Crippen molar-refractivity contribution in [1.29, 1.82) is 0 Å². The molecule has 122 valence electrons. The number of H-pyrrole nitrogens is 1. The number of nitrogens with one attached hydrogen (secondary N) is 3. The van der Waals surface area contributed by atoms with E-state index >= 15 is 0 Å². The molecule has 0 aromatic carbocycles. The van der Waals surface area contributed by atoms with Gasteiger partial charge in [0.2, 0.25) is 5.91 Å². The van der Waals surface area contributed by atoms with E-state index in [1.165, 1.54) is 0 Å². The third-order valence-corrected chi connectivity index (χ3v) is 3.34. The molecule has 0 aliphatic heterocycles. The molecule has 0 saturated heterocycles. The number of amides is 3. The molecule has 0 saturated carbocycles. The van der Waals surface area contributed by atoms with E-state index in [9.17, 15) is 14.4 Å². The first kappa shape index (κ1) is 17.7. The van der Waals surface area contributed by atoms with Crippen molar-refractivity contribution in [3.8, 4) is 0 Å². The second kappa shape index (κ2) is 8.86. The number of aryl methyl sites for hydroxylation is 2. The van der Waals surface area contributed by atoms with Crippen LogP contribution in [0.1, 0.15) is 42.5 Å². The van der Waals surface area contributed by atoms with Gasteiger partial charge in [-0.2, -0.15) is 0 Å².